The first kappa shape index (κ1) is 21.8. The van der Waals surface area contributed by atoms with Crippen molar-refractivity contribution in [1.29, 1.82) is 0 Å². The number of hydrogen-bond donors (Lipinski definition) is 1. The molecule has 142 valence electrons. The molecular weight excluding hydrogens is 334 g/mol. The third-order valence-corrected chi connectivity index (χ3v) is 4.44. The molecule has 0 radical (unpaired) electrons. The monoisotopic (exact) mass is 367 g/mol. The number of aliphatic imine (C=N–C) groups is 1. The number of benzene rings is 1. The lowest BCUT2D eigenvalue weighted by molar-refractivity contribution is 0.0486. The fraction of sp³-hybridized carbons (Fsp3) is 0.632. The number of ether oxygens (including phenoxy) is 2. The van der Waals surface area contributed by atoms with Crippen LogP contribution in [0.4, 0.5) is 0 Å². The van der Waals surface area contributed by atoms with E-state index in [1.165, 1.54) is 16.9 Å². The first-order valence-corrected chi connectivity index (χ1v) is 10.1. The molecule has 0 amide bonds. The summed E-state index contributed by atoms with van der Waals surface area (Å²) in [4.78, 5) is 7.73. The maximum atomic E-state index is 5.57. The molecule has 0 saturated heterocycles. The first-order chi connectivity index (χ1) is 12.2. The molecule has 1 rings (SSSR count). The molecule has 0 atom stereocenters. The van der Waals surface area contributed by atoms with Gasteiger partial charge in [-0.15, -0.1) is 11.8 Å². The summed E-state index contributed by atoms with van der Waals surface area (Å²) in [6.07, 6.45) is 4.37. The van der Waals surface area contributed by atoms with Crippen molar-refractivity contribution < 1.29 is 9.47 Å². The summed E-state index contributed by atoms with van der Waals surface area (Å²) in [7, 11) is 3.85. The average molecular weight is 368 g/mol. The predicted octanol–water partition coefficient (Wildman–Crippen LogP) is 3.25. The maximum absolute atomic E-state index is 5.57. The molecule has 6 heteroatoms. The molecule has 0 saturated carbocycles. The topological polar surface area (TPSA) is 46.1 Å². The van der Waals surface area contributed by atoms with Gasteiger partial charge in [0.2, 0.25) is 0 Å². The molecule has 0 aliphatic carbocycles. The molecule has 1 N–H and O–H groups in total. The SMILES string of the molecule is CCCCOCCOCCNC(=NC)N(C)Cc1ccc(SC)cc1. The van der Waals surface area contributed by atoms with Gasteiger partial charge in [0, 0.05) is 38.7 Å². The van der Waals surface area contributed by atoms with Crippen molar-refractivity contribution in [2.45, 2.75) is 31.2 Å². The van der Waals surface area contributed by atoms with Crippen LogP contribution in [0, 0.1) is 0 Å². The minimum absolute atomic E-state index is 0.640. The summed E-state index contributed by atoms with van der Waals surface area (Å²) in [5, 5.41) is 3.33. The molecule has 0 aromatic heterocycles. The Kier molecular flexibility index (Phi) is 12.2. The Balaban J connectivity index is 2.19. The van der Waals surface area contributed by atoms with E-state index in [1.54, 1.807) is 18.8 Å². The van der Waals surface area contributed by atoms with Gasteiger partial charge in [-0.3, -0.25) is 4.99 Å². The Bertz CT molecular complexity index is 480. The minimum atomic E-state index is 0.640. The largest absolute Gasteiger partial charge is 0.379 e. The van der Waals surface area contributed by atoms with Crippen LogP contribution in [-0.4, -0.2) is 64.2 Å². The smallest absolute Gasteiger partial charge is 0.193 e. The highest BCUT2D eigenvalue weighted by Gasteiger charge is 2.06. The Hall–Kier alpha value is -1.24. The van der Waals surface area contributed by atoms with Gasteiger partial charge in [-0.2, -0.15) is 0 Å². The lowest BCUT2D eigenvalue weighted by atomic mass is 10.2. The van der Waals surface area contributed by atoms with Crippen LogP contribution in [0.2, 0.25) is 0 Å². The van der Waals surface area contributed by atoms with Gasteiger partial charge in [0.15, 0.2) is 5.96 Å². The molecule has 0 heterocycles. The van der Waals surface area contributed by atoms with Crippen LogP contribution in [0.3, 0.4) is 0 Å². The highest BCUT2D eigenvalue weighted by Crippen LogP contribution is 2.15. The molecule has 0 unspecified atom stereocenters. The normalized spacial score (nSPS) is 11.6. The van der Waals surface area contributed by atoms with Crippen molar-refractivity contribution in [3.8, 4) is 0 Å². The molecule has 0 aliphatic rings. The van der Waals surface area contributed by atoms with Crippen LogP contribution in [0.1, 0.15) is 25.3 Å². The molecule has 1 aromatic rings. The van der Waals surface area contributed by atoms with E-state index in [9.17, 15) is 0 Å². The second-order valence-corrected chi connectivity index (χ2v) is 6.64. The van der Waals surface area contributed by atoms with Crippen molar-refractivity contribution in [1.82, 2.24) is 10.2 Å². The minimum Gasteiger partial charge on any atom is -0.379 e. The Morgan fingerprint density at radius 2 is 1.80 bits per heavy atom. The molecule has 1 aromatic carbocycles. The van der Waals surface area contributed by atoms with E-state index in [4.69, 9.17) is 9.47 Å². The summed E-state index contributed by atoms with van der Waals surface area (Å²) in [6.45, 7) is 6.49. The van der Waals surface area contributed by atoms with Crippen LogP contribution >= 0.6 is 11.8 Å². The van der Waals surface area contributed by atoms with Gasteiger partial charge in [-0.25, -0.2) is 0 Å². The maximum Gasteiger partial charge on any atom is 0.193 e. The number of hydrogen-bond acceptors (Lipinski definition) is 4. The lowest BCUT2D eigenvalue weighted by Crippen LogP contribution is -2.40. The van der Waals surface area contributed by atoms with Gasteiger partial charge in [-0.05, 0) is 30.4 Å². The zero-order chi connectivity index (χ0) is 18.3. The second kappa shape index (κ2) is 14.0. The molecule has 25 heavy (non-hydrogen) atoms. The Morgan fingerprint density at radius 1 is 1.12 bits per heavy atom. The molecule has 5 nitrogen and oxygen atoms in total. The van der Waals surface area contributed by atoms with Crippen molar-refractivity contribution >= 4 is 17.7 Å². The van der Waals surface area contributed by atoms with E-state index in [0.717, 1.165) is 32.1 Å². The van der Waals surface area contributed by atoms with E-state index in [1.807, 2.05) is 7.05 Å². The second-order valence-electron chi connectivity index (χ2n) is 5.76. The fourth-order valence-electron chi connectivity index (χ4n) is 2.27. The number of nitrogens with zero attached hydrogens (tertiary/aromatic N) is 2. The summed E-state index contributed by atoms with van der Waals surface area (Å²) in [6, 6.07) is 8.63. The van der Waals surface area contributed by atoms with Crippen molar-refractivity contribution in [3.05, 3.63) is 29.8 Å². The van der Waals surface area contributed by atoms with Crippen LogP contribution in [0.25, 0.3) is 0 Å². The van der Waals surface area contributed by atoms with Crippen LogP contribution in [0.5, 0.6) is 0 Å². The molecule has 0 bridgehead atoms. The number of rotatable bonds is 12. The van der Waals surface area contributed by atoms with Crippen molar-refractivity contribution in [2.24, 2.45) is 4.99 Å². The quantitative estimate of drug-likeness (QED) is 0.266. The van der Waals surface area contributed by atoms with Gasteiger partial charge in [0.25, 0.3) is 0 Å². The summed E-state index contributed by atoms with van der Waals surface area (Å²) < 4.78 is 11.0. The Morgan fingerprint density at radius 3 is 2.40 bits per heavy atom. The number of guanidine groups is 1. The van der Waals surface area contributed by atoms with E-state index in [0.29, 0.717) is 19.8 Å². The summed E-state index contributed by atoms with van der Waals surface area (Å²) in [5.74, 6) is 0.872. The van der Waals surface area contributed by atoms with Gasteiger partial charge in [0.05, 0.1) is 19.8 Å². The lowest BCUT2D eigenvalue weighted by Gasteiger charge is -2.22. The Labute approximate surface area is 157 Å². The van der Waals surface area contributed by atoms with Crippen LogP contribution in [-0.2, 0) is 16.0 Å². The highest BCUT2D eigenvalue weighted by atomic mass is 32.2. The molecule has 0 fully saturated rings. The third kappa shape index (κ3) is 9.72. The van der Waals surface area contributed by atoms with Crippen molar-refractivity contribution in [3.63, 3.8) is 0 Å². The zero-order valence-electron chi connectivity index (χ0n) is 16.1. The fourth-order valence-corrected chi connectivity index (χ4v) is 2.68. The van der Waals surface area contributed by atoms with Crippen LogP contribution in [0.15, 0.2) is 34.2 Å². The first-order valence-electron chi connectivity index (χ1n) is 8.91. The van der Waals surface area contributed by atoms with E-state index in [2.05, 4.69) is 52.7 Å². The average Bonchev–Trinajstić information content (AvgIpc) is 2.64. The summed E-state index contributed by atoms with van der Waals surface area (Å²) >= 11 is 1.76. The summed E-state index contributed by atoms with van der Waals surface area (Å²) in [5.41, 5.74) is 1.27. The van der Waals surface area contributed by atoms with Gasteiger partial charge in [0.1, 0.15) is 0 Å². The van der Waals surface area contributed by atoms with Gasteiger partial charge >= 0.3 is 0 Å². The van der Waals surface area contributed by atoms with E-state index < -0.39 is 0 Å². The van der Waals surface area contributed by atoms with Gasteiger partial charge in [-0.1, -0.05) is 25.5 Å². The van der Waals surface area contributed by atoms with Gasteiger partial charge < -0.3 is 19.7 Å². The highest BCUT2D eigenvalue weighted by molar-refractivity contribution is 7.98. The standard InChI is InChI=1S/C19H33N3O2S/c1-5-6-12-23-14-15-24-13-11-21-19(20-2)22(3)16-17-7-9-18(25-4)10-8-17/h7-10H,5-6,11-16H2,1-4H3,(H,20,21). The molecule has 0 spiro atoms. The number of unbranched alkanes of at least 4 members (excludes halogenated alkanes) is 1. The molecule has 0 aliphatic heterocycles. The van der Waals surface area contributed by atoms with E-state index in [-0.39, 0.29) is 0 Å². The third-order valence-electron chi connectivity index (χ3n) is 3.70. The number of nitrogens with one attached hydrogen (secondary N) is 1. The van der Waals surface area contributed by atoms with E-state index >= 15 is 0 Å². The van der Waals surface area contributed by atoms with Crippen LogP contribution < -0.4 is 5.32 Å². The van der Waals surface area contributed by atoms with Crippen molar-refractivity contribution in [2.75, 3.05) is 53.3 Å². The number of thioether (sulfide) groups is 1. The predicted molar refractivity (Wildman–Crippen MR) is 108 cm³/mol. The zero-order valence-corrected chi connectivity index (χ0v) is 16.9. The molecular formula is C19H33N3O2S.